The molecule has 0 radical (unpaired) electrons. The minimum atomic E-state index is 0.0369. The quantitative estimate of drug-likeness (QED) is 0.559. The van der Waals surface area contributed by atoms with E-state index in [1.54, 1.807) is 17.5 Å². The smallest absolute Gasteiger partial charge is 0.225 e. The second kappa shape index (κ2) is 10.1. The Morgan fingerprint density at radius 1 is 1.18 bits per heavy atom. The highest BCUT2D eigenvalue weighted by Crippen LogP contribution is 2.29. The normalized spacial score (nSPS) is 11.0. The van der Waals surface area contributed by atoms with Crippen LogP contribution < -0.4 is 5.32 Å². The Hall–Kier alpha value is -2.57. The third-order valence-corrected chi connectivity index (χ3v) is 5.36. The van der Waals surface area contributed by atoms with Crippen LogP contribution in [0.15, 0.2) is 54.2 Å². The molecule has 2 aromatic heterocycles. The number of rotatable bonds is 9. The van der Waals surface area contributed by atoms with Gasteiger partial charge in [-0.15, -0.1) is 11.3 Å². The van der Waals surface area contributed by atoms with Crippen LogP contribution in [0.1, 0.15) is 26.2 Å². The van der Waals surface area contributed by atoms with E-state index in [4.69, 9.17) is 4.98 Å². The maximum atomic E-state index is 12.3. The predicted molar refractivity (Wildman–Crippen MR) is 116 cm³/mol. The van der Waals surface area contributed by atoms with E-state index in [2.05, 4.69) is 29.2 Å². The van der Waals surface area contributed by atoms with Crippen molar-refractivity contribution >= 4 is 22.9 Å². The van der Waals surface area contributed by atoms with Gasteiger partial charge in [-0.2, -0.15) is 0 Å². The minimum absolute atomic E-state index is 0.0369. The Morgan fingerprint density at radius 2 is 2.04 bits per heavy atom. The Morgan fingerprint density at radius 3 is 2.82 bits per heavy atom. The molecule has 0 unspecified atom stereocenters. The van der Waals surface area contributed by atoms with Crippen LogP contribution in [-0.4, -0.2) is 40.9 Å². The zero-order valence-corrected chi connectivity index (χ0v) is 17.2. The largest absolute Gasteiger partial charge is 0.326 e. The fourth-order valence-corrected chi connectivity index (χ4v) is 3.66. The summed E-state index contributed by atoms with van der Waals surface area (Å²) in [6, 6.07) is 11.8. The molecule has 0 aliphatic rings. The van der Waals surface area contributed by atoms with Crippen molar-refractivity contribution in [1.82, 2.24) is 14.9 Å². The number of hydrogen-bond acceptors (Lipinski definition) is 5. The first-order valence-corrected chi connectivity index (χ1v) is 10.5. The highest BCUT2D eigenvalue weighted by Gasteiger charge is 2.09. The lowest BCUT2D eigenvalue weighted by Crippen LogP contribution is -2.25. The summed E-state index contributed by atoms with van der Waals surface area (Å²) in [6.45, 7) is 3.98. The molecule has 0 atom stereocenters. The molecule has 0 aliphatic carbocycles. The fourth-order valence-electron chi connectivity index (χ4n) is 2.84. The maximum absolute atomic E-state index is 12.3. The lowest BCUT2D eigenvalue weighted by atomic mass is 10.1. The zero-order chi connectivity index (χ0) is 19.8. The number of anilines is 1. The molecule has 28 heavy (non-hydrogen) atoms. The van der Waals surface area contributed by atoms with Gasteiger partial charge in [0.1, 0.15) is 5.01 Å². The topological polar surface area (TPSA) is 58.1 Å². The fraction of sp³-hybridized carbons (Fsp3) is 0.318. The number of amides is 1. The van der Waals surface area contributed by atoms with Gasteiger partial charge < -0.3 is 10.2 Å². The van der Waals surface area contributed by atoms with Crippen molar-refractivity contribution in [1.29, 1.82) is 0 Å². The number of unbranched alkanes of at least 4 members (excludes halogenated alkanes) is 1. The Kier molecular flexibility index (Phi) is 7.28. The first kappa shape index (κ1) is 20.2. The molecular formula is C22H26N4OS. The lowest BCUT2D eigenvalue weighted by Gasteiger charge is -2.15. The van der Waals surface area contributed by atoms with E-state index in [1.165, 1.54) is 6.42 Å². The highest BCUT2D eigenvalue weighted by molar-refractivity contribution is 7.13. The summed E-state index contributed by atoms with van der Waals surface area (Å²) in [5.41, 5.74) is 3.70. The van der Waals surface area contributed by atoms with E-state index in [0.29, 0.717) is 6.42 Å². The molecule has 0 aliphatic heterocycles. The van der Waals surface area contributed by atoms with Crippen molar-refractivity contribution in [2.45, 2.75) is 26.2 Å². The SMILES string of the molecule is CCCCN(C)CCC(=O)Nc1cccc(-c2csc(-c3cccnc3)n2)c1. The summed E-state index contributed by atoms with van der Waals surface area (Å²) < 4.78 is 0. The zero-order valence-electron chi connectivity index (χ0n) is 16.4. The average Bonchev–Trinajstić information content (AvgIpc) is 3.22. The van der Waals surface area contributed by atoms with E-state index in [0.717, 1.165) is 47.0 Å². The third-order valence-electron chi connectivity index (χ3n) is 4.47. The molecule has 0 saturated carbocycles. The first-order chi connectivity index (χ1) is 13.7. The Labute approximate surface area is 170 Å². The maximum Gasteiger partial charge on any atom is 0.225 e. The van der Waals surface area contributed by atoms with Gasteiger partial charge in [0.25, 0.3) is 0 Å². The molecule has 2 heterocycles. The van der Waals surface area contributed by atoms with Crippen molar-refractivity contribution in [3.05, 3.63) is 54.2 Å². The van der Waals surface area contributed by atoms with Crippen LogP contribution in [0.25, 0.3) is 21.8 Å². The van der Waals surface area contributed by atoms with Crippen LogP contribution >= 0.6 is 11.3 Å². The molecule has 3 aromatic rings. The van der Waals surface area contributed by atoms with Gasteiger partial charge in [-0.3, -0.25) is 9.78 Å². The van der Waals surface area contributed by atoms with Crippen LogP contribution in [0.5, 0.6) is 0 Å². The molecule has 0 bridgehead atoms. The number of thiazole rings is 1. The molecule has 5 nitrogen and oxygen atoms in total. The van der Waals surface area contributed by atoms with Gasteiger partial charge >= 0.3 is 0 Å². The third kappa shape index (κ3) is 5.71. The van der Waals surface area contributed by atoms with Crippen LogP contribution in [0, 0.1) is 0 Å². The number of pyridine rings is 1. The van der Waals surface area contributed by atoms with Gasteiger partial charge in [-0.1, -0.05) is 25.5 Å². The second-order valence-corrected chi connectivity index (χ2v) is 7.67. The number of carbonyl (C=O) groups excluding carboxylic acids is 1. The van der Waals surface area contributed by atoms with Crippen LogP contribution in [0.2, 0.25) is 0 Å². The molecule has 3 rings (SSSR count). The minimum Gasteiger partial charge on any atom is -0.326 e. The average molecular weight is 395 g/mol. The standard InChI is InChI=1S/C22H26N4OS/c1-3-4-12-26(2)13-10-21(27)24-19-9-5-7-17(14-19)20-16-28-22(25-20)18-8-6-11-23-15-18/h5-9,11,14-16H,3-4,10,12-13H2,1-2H3,(H,24,27). The highest BCUT2D eigenvalue weighted by atomic mass is 32.1. The van der Waals surface area contributed by atoms with E-state index in [9.17, 15) is 4.79 Å². The number of hydrogen-bond donors (Lipinski definition) is 1. The summed E-state index contributed by atoms with van der Waals surface area (Å²) in [4.78, 5) is 23.3. The van der Waals surface area contributed by atoms with Gasteiger partial charge in [0.05, 0.1) is 5.69 Å². The summed E-state index contributed by atoms with van der Waals surface area (Å²) >= 11 is 1.59. The van der Waals surface area contributed by atoms with Crippen molar-refractivity contribution in [3.63, 3.8) is 0 Å². The van der Waals surface area contributed by atoms with Gasteiger partial charge in [0.15, 0.2) is 0 Å². The van der Waals surface area contributed by atoms with Crippen LogP contribution in [-0.2, 0) is 4.79 Å². The molecule has 0 spiro atoms. The lowest BCUT2D eigenvalue weighted by molar-refractivity contribution is -0.116. The van der Waals surface area contributed by atoms with Gasteiger partial charge in [0.2, 0.25) is 5.91 Å². The molecule has 0 saturated heterocycles. The van der Waals surface area contributed by atoms with Gasteiger partial charge in [0, 0.05) is 47.6 Å². The first-order valence-electron chi connectivity index (χ1n) is 9.60. The molecule has 1 aromatic carbocycles. The second-order valence-electron chi connectivity index (χ2n) is 6.82. The predicted octanol–water partition coefficient (Wildman–Crippen LogP) is 4.93. The van der Waals surface area contributed by atoms with E-state index in [1.807, 2.05) is 48.0 Å². The van der Waals surface area contributed by atoms with Crippen molar-refractivity contribution < 1.29 is 4.79 Å². The van der Waals surface area contributed by atoms with Gasteiger partial charge in [-0.25, -0.2) is 4.98 Å². The summed E-state index contributed by atoms with van der Waals surface area (Å²) in [7, 11) is 2.06. The molecule has 146 valence electrons. The number of benzene rings is 1. The van der Waals surface area contributed by atoms with Crippen LogP contribution in [0.4, 0.5) is 5.69 Å². The Bertz CT molecular complexity index is 894. The number of nitrogens with one attached hydrogen (secondary N) is 1. The molecule has 1 N–H and O–H groups in total. The molecular weight excluding hydrogens is 368 g/mol. The van der Waals surface area contributed by atoms with Crippen molar-refractivity contribution in [3.8, 4) is 21.8 Å². The van der Waals surface area contributed by atoms with Crippen molar-refractivity contribution in [2.75, 3.05) is 25.5 Å². The summed E-state index contributed by atoms with van der Waals surface area (Å²) in [5.74, 6) is 0.0369. The number of aromatic nitrogens is 2. The summed E-state index contributed by atoms with van der Waals surface area (Å²) in [5, 5.41) is 5.97. The van der Waals surface area contributed by atoms with E-state index in [-0.39, 0.29) is 5.91 Å². The number of nitrogens with zero attached hydrogens (tertiary/aromatic N) is 3. The summed E-state index contributed by atoms with van der Waals surface area (Å²) in [6.07, 6.45) is 6.39. The van der Waals surface area contributed by atoms with E-state index >= 15 is 0 Å². The van der Waals surface area contributed by atoms with Crippen molar-refractivity contribution in [2.24, 2.45) is 0 Å². The monoisotopic (exact) mass is 394 g/mol. The van der Waals surface area contributed by atoms with Crippen LogP contribution in [0.3, 0.4) is 0 Å². The van der Waals surface area contributed by atoms with E-state index < -0.39 is 0 Å². The Balaban J connectivity index is 1.61. The molecule has 1 amide bonds. The number of carbonyl (C=O) groups is 1. The van der Waals surface area contributed by atoms with Gasteiger partial charge in [-0.05, 0) is 44.3 Å². The molecule has 6 heteroatoms. The molecule has 0 fully saturated rings.